The number of nitrogens with one attached hydrogen (secondary N) is 1. The zero-order valence-electron chi connectivity index (χ0n) is 10.9. The van der Waals surface area contributed by atoms with E-state index in [1.165, 1.54) is 6.42 Å². The predicted molar refractivity (Wildman–Crippen MR) is 67.0 cm³/mol. The summed E-state index contributed by atoms with van der Waals surface area (Å²) in [6.45, 7) is 7.29. The Bertz CT molecular complexity index is 295. The van der Waals surface area contributed by atoms with Gasteiger partial charge in [0.2, 0.25) is 0 Å². The van der Waals surface area contributed by atoms with Gasteiger partial charge in [-0.05, 0) is 44.7 Å². The van der Waals surface area contributed by atoms with E-state index in [0.717, 1.165) is 44.8 Å². The zero-order valence-corrected chi connectivity index (χ0v) is 10.9. The van der Waals surface area contributed by atoms with Gasteiger partial charge in [-0.1, -0.05) is 13.8 Å². The summed E-state index contributed by atoms with van der Waals surface area (Å²) in [5.41, 5.74) is -0.661. The number of aliphatic carboxylic acids is 1. The molecule has 2 rings (SSSR count). The van der Waals surface area contributed by atoms with E-state index in [-0.39, 0.29) is 0 Å². The van der Waals surface area contributed by atoms with E-state index in [1.807, 2.05) is 6.92 Å². The number of carboxylic acid groups (broad SMARTS) is 1. The maximum Gasteiger partial charge on any atom is 0.323 e. The number of carbonyl (C=O) groups is 1. The van der Waals surface area contributed by atoms with Crippen molar-refractivity contribution in [1.29, 1.82) is 0 Å². The van der Waals surface area contributed by atoms with E-state index in [1.54, 1.807) is 0 Å². The van der Waals surface area contributed by atoms with Gasteiger partial charge in [0.05, 0.1) is 0 Å². The minimum Gasteiger partial charge on any atom is -0.480 e. The SMILES string of the molecule is CCNC1(C(=O)O)CCC(N2CCC(C)C2)C1. The number of hydrogen-bond acceptors (Lipinski definition) is 3. The number of rotatable bonds is 4. The second-order valence-electron chi connectivity index (χ2n) is 5.70. The van der Waals surface area contributed by atoms with E-state index >= 15 is 0 Å². The van der Waals surface area contributed by atoms with Crippen molar-refractivity contribution in [3.05, 3.63) is 0 Å². The van der Waals surface area contributed by atoms with E-state index < -0.39 is 11.5 Å². The van der Waals surface area contributed by atoms with Crippen LogP contribution in [0.3, 0.4) is 0 Å². The molecule has 0 amide bonds. The monoisotopic (exact) mass is 240 g/mol. The van der Waals surface area contributed by atoms with Crippen molar-refractivity contribution in [2.24, 2.45) is 5.92 Å². The summed E-state index contributed by atoms with van der Waals surface area (Å²) < 4.78 is 0. The summed E-state index contributed by atoms with van der Waals surface area (Å²) in [7, 11) is 0. The fraction of sp³-hybridized carbons (Fsp3) is 0.923. The molecule has 0 spiro atoms. The number of likely N-dealkylation sites (N-methyl/N-ethyl adjacent to an activating group) is 1. The van der Waals surface area contributed by atoms with Gasteiger partial charge in [-0.2, -0.15) is 0 Å². The number of likely N-dealkylation sites (tertiary alicyclic amines) is 1. The van der Waals surface area contributed by atoms with Crippen molar-refractivity contribution in [3.8, 4) is 0 Å². The summed E-state index contributed by atoms with van der Waals surface area (Å²) in [6, 6.07) is 0.468. The molecule has 0 radical (unpaired) electrons. The first-order valence-electron chi connectivity index (χ1n) is 6.80. The van der Waals surface area contributed by atoms with Crippen molar-refractivity contribution >= 4 is 5.97 Å². The first kappa shape index (κ1) is 12.8. The standard InChI is InChI=1S/C13H24N2O2/c1-3-14-13(12(16)17)6-4-11(8-13)15-7-5-10(2)9-15/h10-11,14H,3-9H2,1-2H3,(H,16,17). The highest BCUT2D eigenvalue weighted by molar-refractivity contribution is 5.79. The summed E-state index contributed by atoms with van der Waals surface area (Å²) in [6.07, 6.45) is 3.82. The molecule has 1 saturated heterocycles. The van der Waals surface area contributed by atoms with Gasteiger partial charge in [-0.3, -0.25) is 4.79 Å². The van der Waals surface area contributed by atoms with E-state index in [9.17, 15) is 9.90 Å². The molecule has 1 aliphatic carbocycles. The molecular formula is C13H24N2O2. The Labute approximate surface area is 103 Å². The predicted octanol–water partition coefficient (Wildman–Crippen LogP) is 1.31. The van der Waals surface area contributed by atoms with Crippen LogP contribution in [-0.2, 0) is 4.79 Å². The highest BCUT2D eigenvalue weighted by atomic mass is 16.4. The van der Waals surface area contributed by atoms with Crippen LogP contribution in [-0.4, -0.2) is 47.2 Å². The third-order valence-electron chi connectivity index (χ3n) is 4.38. The maximum absolute atomic E-state index is 11.5. The molecule has 0 bridgehead atoms. The smallest absolute Gasteiger partial charge is 0.323 e. The second kappa shape index (κ2) is 4.94. The van der Waals surface area contributed by atoms with E-state index in [4.69, 9.17) is 0 Å². The molecule has 17 heavy (non-hydrogen) atoms. The van der Waals surface area contributed by atoms with Crippen LogP contribution in [0.5, 0.6) is 0 Å². The molecule has 0 aromatic heterocycles. The lowest BCUT2D eigenvalue weighted by atomic mass is 9.97. The number of carboxylic acids is 1. The Morgan fingerprint density at radius 3 is 2.82 bits per heavy atom. The minimum atomic E-state index is -0.672. The van der Waals surface area contributed by atoms with Gasteiger partial charge in [0, 0.05) is 12.6 Å². The molecule has 3 atom stereocenters. The second-order valence-corrected chi connectivity index (χ2v) is 5.70. The lowest BCUT2D eigenvalue weighted by Crippen LogP contribution is -2.51. The number of nitrogens with zero attached hydrogens (tertiary/aromatic N) is 1. The summed E-state index contributed by atoms with van der Waals surface area (Å²) in [5, 5.41) is 12.6. The van der Waals surface area contributed by atoms with Crippen molar-refractivity contribution in [2.45, 2.75) is 51.1 Å². The zero-order chi connectivity index (χ0) is 12.5. The Morgan fingerprint density at radius 2 is 2.29 bits per heavy atom. The van der Waals surface area contributed by atoms with Gasteiger partial charge in [0.15, 0.2) is 0 Å². The normalized spacial score (nSPS) is 38.7. The van der Waals surface area contributed by atoms with Crippen LogP contribution in [0.25, 0.3) is 0 Å². The van der Waals surface area contributed by atoms with Gasteiger partial charge in [-0.15, -0.1) is 0 Å². The number of hydrogen-bond donors (Lipinski definition) is 2. The van der Waals surface area contributed by atoms with Gasteiger partial charge in [0.1, 0.15) is 5.54 Å². The molecule has 3 unspecified atom stereocenters. The summed E-state index contributed by atoms with van der Waals surface area (Å²) in [5.74, 6) is 0.100. The summed E-state index contributed by atoms with van der Waals surface area (Å²) in [4.78, 5) is 13.9. The largest absolute Gasteiger partial charge is 0.480 e. The summed E-state index contributed by atoms with van der Waals surface area (Å²) >= 11 is 0. The maximum atomic E-state index is 11.5. The Hall–Kier alpha value is -0.610. The Morgan fingerprint density at radius 1 is 1.53 bits per heavy atom. The fourth-order valence-corrected chi connectivity index (χ4v) is 3.40. The molecule has 2 aliphatic rings. The third kappa shape index (κ3) is 2.47. The van der Waals surface area contributed by atoms with Gasteiger partial charge in [0.25, 0.3) is 0 Å². The van der Waals surface area contributed by atoms with Crippen LogP contribution in [0.1, 0.15) is 39.5 Å². The molecule has 98 valence electrons. The molecule has 0 aromatic carbocycles. The van der Waals surface area contributed by atoms with Crippen LogP contribution >= 0.6 is 0 Å². The van der Waals surface area contributed by atoms with Gasteiger partial charge < -0.3 is 15.3 Å². The molecule has 4 heteroatoms. The highest BCUT2D eigenvalue weighted by Gasteiger charge is 2.47. The topological polar surface area (TPSA) is 52.6 Å². The molecule has 1 heterocycles. The highest BCUT2D eigenvalue weighted by Crippen LogP contribution is 2.35. The van der Waals surface area contributed by atoms with Crippen molar-refractivity contribution in [2.75, 3.05) is 19.6 Å². The Balaban J connectivity index is 1.99. The molecule has 4 nitrogen and oxygen atoms in total. The fourth-order valence-electron chi connectivity index (χ4n) is 3.40. The molecule has 1 aliphatic heterocycles. The molecular weight excluding hydrogens is 216 g/mol. The van der Waals surface area contributed by atoms with E-state index in [0.29, 0.717) is 6.04 Å². The lowest BCUT2D eigenvalue weighted by Gasteiger charge is -2.28. The first-order chi connectivity index (χ1) is 8.07. The molecule has 0 aromatic rings. The van der Waals surface area contributed by atoms with Crippen molar-refractivity contribution in [3.63, 3.8) is 0 Å². The lowest BCUT2D eigenvalue weighted by molar-refractivity contribution is -0.144. The Kier molecular flexibility index (Phi) is 3.73. The quantitative estimate of drug-likeness (QED) is 0.778. The first-order valence-corrected chi connectivity index (χ1v) is 6.80. The van der Waals surface area contributed by atoms with Crippen LogP contribution < -0.4 is 5.32 Å². The van der Waals surface area contributed by atoms with Crippen molar-refractivity contribution in [1.82, 2.24) is 10.2 Å². The van der Waals surface area contributed by atoms with Crippen LogP contribution in [0, 0.1) is 5.92 Å². The van der Waals surface area contributed by atoms with Crippen molar-refractivity contribution < 1.29 is 9.90 Å². The van der Waals surface area contributed by atoms with Crippen LogP contribution in [0.2, 0.25) is 0 Å². The van der Waals surface area contributed by atoms with Crippen LogP contribution in [0.4, 0.5) is 0 Å². The van der Waals surface area contributed by atoms with Gasteiger partial charge in [-0.25, -0.2) is 0 Å². The molecule has 1 saturated carbocycles. The molecule has 2 fully saturated rings. The van der Waals surface area contributed by atoms with Gasteiger partial charge >= 0.3 is 5.97 Å². The average Bonchev–Trinajstić information content (AvgIpc) is 2.86. The van der Waals surface area contributed by atoms with Crippen LogP contribution in [0.15, 0.2) is 0 Å². The average molecular weight is 240 g/mol. The third-order valence-corrected chi connectivity index (χ3v) is 4.38. The minimum absolute atomic E-state index is 0.468. The molecule has 2 N–H and O–H groups in total. The van der Waals surface area contributed by atoms with E-state index in [2.05, 4.69) is 17.1 Å².